The van der Waals surface area contributed by atoms with E-state index in [1.807, 2.05) is 0 Å². The van der Waals surface area contributed by atoms with Gasteiger partial charge in [-0.05, 0) is 18.9 Å². The van der Waals surface area contributed by atoms with Crippen LogP contribution in [-0.4, -0.2) is 28.2 Å². The smallest absolute Gasteiger partial charge is 0.220 e. The zero-order chi connectivity index (χ0) is 15.0. The van der Waals surface area contributed by atoms with Crippen LogP contribution in [0.3, 0.4) is 0 Å². The molecule has 0 aromatic carbocycles. The minimum absolute atomic E-state index is 0.0518. The molecule has 1 aliphatic rings. The van der Waals surface area contributed by atoms with Crippen LogP contribution in [0, 0.1) is 0 Å². The molecule has 2 aromatic rings. The summed E-state index contributed by atoms with van der Waals surface area (Å²) in [7, 11) is 1.55. The molecule has 1 saturated carbocycles. The lowest BCUT2D eigenvalue weighted by atomic mass is 10.1. The van der Waals surface area contributed by atoms with Gasteiger partial charge < -0.3 is 0 Å². The van der Waals surface area contributed by atoms with Crippen molar-refractivity contribution in [3.05, 3.63) is 29.3 Å². The molecule has 0 N–H and O–H groups in total. The first-order valence-corrected chi connectivity index (χ1v) is 9.17. The maximum atomic E-state index is 11.9. The van der Waals surface area contributed by atoms with E-state index in [-0.39, 0.29) is 21.9 Å². The van der Waals surface area contributed by atoms with E-state index < -0.39 is 9.05 Å². The molecule has 1 aliphatic carbocycles. The van der Waals surface area contributed by atoms with E-state index in [2.05, 4.69) is 15.1 Å². The van der Waals surface area contributed by atoms with Crippen LogP contribution in [0.25, 0.3) is 5.95 Å². The number of hydrogen-bond acceptors (Lipinski definition) is 5. The molecule has 0 spiro atoms. The van der Waals surface area contributed by atoms with Crippen LogP contribution in [0.15, 0.2) is 23.4 Å². The van der Waals surface area contributed by atoms with E-state index in [0.717, 1.165) is 25.7 Å². The summed E-state index contributed by atoms with van der Waals surface area (Å²) in [5.41, 5.74) is 0.417. The quantitative estimate of drug-likeness (QED) is 0.798. The summed E-state index contributed by atoms with van der Waals surface area (Å²) in [5.74, 6) is 0.268. The van der Waals surface area contributed by atoms with Crippen LogP contribution in [0.2, 0.25) is 5.15 Å². The van der Waals surface area contributed by atoms with Crippen LogP contribution in [0.1, 0.15) is 37.3 Å². The van der Waals surface area contributed by atoms with Gasteiger partial charge in [0.2, 0.25) is 0 Å². The Morgan fingerprint density at radius 1 is 1.19 bits per heavy atom. The maximum absolute atomic E-state index is 11.9. The second-order valence-electron chi connectivity index (χ2n) is 4.88. The Morgan fingerprint density at radius 3 is 2.38 bits per heavy atom. The van der Waals surface area contributed by atoms with Crippen molar-refractivity contribution in [1.29, 1.82) is 0 Å². The highest BCUT2D eigenvalue weighted by molar-refractivity contribution is 8.13. The van der Waals surface area contributed by atoms with Gasteiger partial charge in [-0.15, -0.1) is 0 Å². The van der Waals surface area contributed by atoms with Crippen LogP contribution in [-0.2, 0) is 9.05 Å². The fourth-order valence-electron chi connectivity index (χ4n) is 2.62. The van der Waals surface area contributed by atoms with Gasteiger partial charge in [0.05, 0.1) is 5.69 Å². The summed E-state index contributed by atoms with van der Waals surface area (Å²) in [5, 5.41) is 4.25. The van der Waals surface area contributed by atoms with Crippen molar-refractivity contribution in [3.63, 3.8) is 0 Å². The van der Waals surface area contributed by atoms with Crippen molar-refractivity contribution in [1.82, 2.24) is 19.7 Å². The van der Waals surface area contributed by atoms with Gasteiger partial charge in [-0.25, -0.2) is 18.4 Å². The zero-order valence-corrected chi connectivity index (χ0v) is 13.2. The molecule has 2 aromatic heterocycles. The Kier molecular flexibility index (Phi) is 3.90. The lowest BCUT2D eigenvalue weighted by molar-refractivity contribution is 0.604. The normalized spacial score (nSPS) is 16.5. The van der Waals surface area contributed by atoms with Crippen molar-refractivity contribution in [3.8, 4) is 5.95 Å². The predicted molar refractivity (Wildman–Crippen MR) is 78.4 cm³/mol. The molecule has 0 radical (unpaired) electrons. The number of halogens is 2. The molecular weight excluding hydrogens is 335 g/mol. The van der Waals surface area contributed by atoms with Gasteiger partial charge in [-0.1, -0.05) is 24.4 Å². The summed E-state index contributed by atoms with van der Waals surface area (Å²) >= 11 is 6.18. The van der Waals surface area contributed by atoms with Crippen LogP contribution >= 0.6 is 22.3 Å². The number of hydrogen-bond donors (Lipinski definition) is 0. The Hall–Kier alpha value is -1.18. The molecule has 21 heavy (non-hydrogen) atoms. The summed E-state index contributed by atoms with van der Waals surface area (Å²) < 4.78 is 25.0. The molecule has 0 bridgehead atoms. The minimum Gasteiger partial charge on any atom is -0.220 e. The number of aromatic nitrogens is 4. The topological polar surface area (TPSA) is 77.7 Å². The van der Waals surface area contributed by atoms with Crippen molar-refractivity contribution < 1.29 is 8.42 Å². The third-order valence-corrected chi connectivity index (χ3v) is 5.36. The lowest BCUT2D eigenvalue weighted by Gasteiger charge is -2.06. The Labute approximate surface area is 131 Å². The molecule has 0 atom stereocenters. The Bertz CT molecular complexity index is 755. The van der Waals surface area contributed by atoms with Gasteiger partial charge in [-0.3, -0.25) is 0 Å². The first-order chi connectivity index (χ1) is 9.98. The molecule has 0 amide bonds. The molecule has 112 valence electrons. The molecule has 0 unspecified atom stereocenters. The fraction of sp³-hybridized carbons (Fsp3) is 0.417. The average Bonchev–Trinajstić information content (AvgIpc) is 3.05. The summed E-state index contributed by atoms with van der Waals surface area (Å²) in [6.45, 7) is 0. The molecule has 6 nitrogen and oxygen atoms in total. The van der Waals surface area contributed by atoms with Crippen LogP contribution in [0.4, 0.5) is 0 Å². The Morgan fingerprint density at radius 2 is 1.81 bits per heavy atom. The molecular formula is C12H12Cl2N4O2S. The van der Waals surface area contributed by atoms with Gasteiger partial charge >= 0.3 is 0 Å². The van der Waals surface area contributed by atoms with Crippen molar-refractivity contribution in [2.24, 2.45) is 0 Å². The largest absolute Gasteiger partial charge is 0.266 e. The predicted octanol–water partition coefficient (Wildman–Crippen LogP) is 2.90. The summed E-state index contributed by atoms with van der Waals surface area (Å²) in [6, 6.07) is 1.65. The van der Waals surface area contributed by atoms with E-state index in [0.29, 0.717) is 5.69 Å². The highest BCUT2D eigenvalue weighted by Crippen LogP contribution is 2.40. The van der Waals surface area contributed by atoms with E-state index in [9.17, 15) is 8.42 Å². The third kappa shape index (κ3) is 2.77. The molecule has 1 fully saturated rings. The standard InChI is InChI=1S/C12H12Cl2N4O2S/c13-11-10(21(14,19)20)9(8-4-1-2-5-8)17-18(11)12-15-6-3-7-16-12/h3,6-8H,1-2,4-5H2. The monoisotopic (exact) mass is 346 g/mol. The van der Waals surface area contributed by atoms with Crippen LogP contribution in [0.5, 0.6) is 0 Å². The molecule has 9 heteroatoms. The van der Waals surface area contributed by atoms with Crippen molar-refractivity contribution in [2.75, 3.05) is 0 Å². The van der Waals surface area contributed by atoms with Gasteiger partial charge in [0.1, 0.15) is 4.90 Å². The van der Waals surface area contributed by atoms with Gasteiger partial charge in [-0.2, -0.15) is 9.78 Å². The molecule has 0 saturated heterocycles. The molecule has 0 aliphatic heterocycles. The van der Waals surface area contributed by atoms with Crippen molar-refractivity contribution in [2.45, 2.75) is 36.5 Å². The maximum Gasteiger partial charge on any atom is 0.266 e. The second kappa shape index (κ2) is 5.55. The molecule has 2 heterocycles. The van der Waals surface area contributed by atoms with Crippen molar-refractivity contribution >= 4 is 31.3 Å². The van der Waals surface area contributed by atoms with E-state index in [1.54, 1.807) is 6.07 Å². The summed E-state index contributed by atoms with van der Waals surface area (Å²) in [6.07, 6.45) is 6.90. The SMILES string of the molecule is O=S(=O)(Cl)c1c(C2CCCC2)nn(-c2ncccn2)c1Cl. The third-order valence-electron chi connectivity index (χ3n) is 3.54. The zero-order valence-electron chi connectivity index (χ0n) is 10.9. The van der Waals surface area contributed by atoms with Gasteiger partial charge in [0.25, 0.3) is 15.0 Å². The highest BCUT2D eigenvalue weighted by Gasteiger charge is 2.33. The van der Waals surface area contributed by atoms with E-state index >= 15 is 0 Å². The minimum atomic E-state index is -3.99. The highest BCUT2D eigenvalue weighted by atomic mass is 35.7. The lowest BCUT2D eigenvalue weighted by Crippen LogP contribution is -2.03. The van der Waals surface area contributed by atoms with E-state index in [4.69, 9.17) is 22.3 Å². The first-order valence-electron chi connectivity index (χ1n) is 6.49. The molecule has 3 rings (SSSR count). The van der Waals surface area contributed by atoms with E-state index in [1.165, 1.54) is 17.1 Å². The second-order valence-corrected chi connectivity index (χ2v) is 7.75. The van der Waals surface area contributed by atoms with Gasteiger partial charge in [0, 0.05) is 29.0 Å². The Balaban J connectivity index is 2.20. The van der Waals surface area contributed by atoms with Crippen LogP contribution < -0.4 is 0 Å². The first kappa shape index (κ1) is 14.7. The fourth-order valence-corrected chi connectivity index (χ4v) is 4.46. The number of nitrogens with zero attached hydrogens (tertiary/aromatic N) is 4. The number of rotatable bonds is 3. The summed E-state index contributed by atoms with van der Waals surface area (Å²) in [4.78, 5) is 7.96. The van der Waals surface area contributed by atoms with Gasteiger partial charge in [0.15, 0.2) is 5.15 Å². The average molecular weight is 347 g/mol.